The number of nitrogens with one attached hydrogen (secondary N) is 3. The standard InChI is InChI=1S/C20H25N3O7S/c1-28-11-10-21-31(26,27)18-8-6-15(7-9-18)19(24)22-16-4-3-5-17(14-16)23-20(25)30-13-12-29-2/h3-9,14,21H,10-13H2,1-2H3,(H,22,24)(H,23,25). The Morgan fingerprint density at radius 3 is 2.16 bits per heavy atom. The van der Waals surface area contributed by atoms with E-state index in [0.717, 1.165) is 0 Å². The highest BCUT2D eigenvalue weighted by atomic mass is 32.2. The van der Waals surface area contributed by atoms with Gasteiger partial charge in [-0.15, -0.1) is 0 Å². The minimum Gasteiger partial charge on any atom is -0.447 e. The fourth-order valence-corrected chi connectivity index (χ4v) is 3.41. The lowest BCUT2D eigenvalue weighted by Gasteiger charge is -2.10. The fourth-order valence-electron chi connectivity index (χ4n) is 2.40. The lowest BCUT2D eigenvalue weighted by atomic mass is 10.2. The molecule has 0 bridgehead atoms. The number of anilines is 2. The second-order valence-corrected chi connectivity index (χ2v) is 7.97. The number of rotatable bonds is 11. The number of carbonyl (C=O) groups is 2. The van der Waals surface area contributed by atoms with Crippen LogP contribution in [0.15, 0.2) is 53.4 Å². The van der Waals surface area contributed by atoms with Crippen LogP contribution in [0.1, 0.15) is 10.4 Å². The summed E-state index contributed by atoms with van der Waals surface area (Å²) in [7, 11) is -0.707. The van der Waals surface area contributed by atoms with E-state index >= 15 is 0 Å². The molecular weight excluding hydrogens is 426 g/mol. The zero-order valence-corrected chi connectivity index (χ0v) is 18.0. The van der Waals surface area contributed by atoms with Crippen LogP contribution >= 0.6 is 0 Å². The van der Waals surface area contributed by atoms with Crippen molar-refractivity contribution in [3.05, 3.63) is 54.1 Å². The Kier molecular flexibility index (Phi) is 9.40. The summed E-state index contributed by atoms with van der Waals surface area (Å²) in [5.41, 5.74) is 1.15. The van der Waals surface area contributed by atoms with Gasteiger partial charge in [-0.05, 0) is 42.5 Å². The number of sulfonamides is 1. The summed E-state index contributed by atoms with van der Waals surface area (Å²) in [6.07, 6.45) is -0.642. The molecule has 0 atom stereocenters. The Balaban J connectivity index is 1.98. The predicted molar refractivity (Wildman–Crippen MR) is 115 cm³/mol. The van der Waals surface area contributed by atoms with Gasteiger partial charge in [0.05, 0.1) is 18.1 Å². The molecule has 0 aromatic heterocycles. The molecule has 2 rings (SSSR count). The summed E-state index contributed by atoms with van der Waals surface area (Å²) in [6.45, 7) is 0.795. The number of carbonyl (C=O) groups excluding carboxylic acids is 2. The minimum atomic E-state index is -3.68. The molecule has 2 amide bonds. The molecule has 11 heteroatoms. The molecule has 10 nitrogen and oxygen atoms in total. The summed E-state index contributed by atoms with van der Waals surface area (Å²) in [4.78, 5) is 24.2. The number of hydrogen-bond acceptors (Lipinski definition) is 7. The van der Waals surface area contributed by atoms with Gasteiger partial charge in [0, 0.05) is 37.7 Å². The lowest BCUT2D eigenvalue weighted by Crippen LogP contribution is -2.27. The molecule has 0 saturated heterocycles. The molecule has 0 saturated carbocycles. The molecule has 0 radical (unpaired) electrons. The number of hydrogen-bond donors (Lipinski definition) is 3. The summed E-state index contributed by atoms with van der Waals surface area (Å²) >= 11 is 0. The van der Waals surface area contributed by atoms with E-state index in [9.17, 15) is 18.0 Å². The minimum absolute atomic E-state index is 0.0401. The van der Waals surface area contributed by atoms with Gasteiger partial charge in [0.1, 0.15) is 6.61 Å². The molecule has 2 aromatic carbocycles. The van der Waals surface area contributed by atoms with Crippen LogP contribution in [0.3, 0.4) is 0 Å². The molecule has 2 aromatic rings. The van der Waals surface area contributed by atoms with Gasteiger partial charge in [0.2, 0.25) is 10.0 Å². The van der Waals surface area contributed by atoms with Crippen molar-refractivity contribution < 1.29 is 32.2 Å². The van der Waals surface area contributed by atoms with Gasteiger partial charge >= 0.3 is 6.09 Å². The number of amides is 2. The van der Waals surface area contributed by atoms with Crippen molar-refractivity contribution >= 4 is 33.4 Å². The van der Waals surface area contributed by atoms with Gasteiger partial charge in [-0.25, -0.2) is 17.9 Å². The second kappa shape index (κ2) is 12.0. The van der Waals surface area contributed by atoms with E-state index in [4.69, 9.17) is 14.2 Å². The zero-order chi connectivity index (χ0) is 22.7. The van der Waals surface area contributed by atoms with Gasteiger partial charge in [0.25, 0.3) is 5.91 Å². The van der Waals surface area contributed by atoms with Crippen LogP contribution < -0.4 is 15.4 Å². The Morgan fingerprint density at radius 1 is 0.871 bits per heavy atom. The summed E-state index contributed by atoms with van der Waals surface area (Å²) in [6, 6.07) is 12.0. The maximum Gasteiger partial charge on any atom is 0.411 e. The molecule has 0 heterocycles. The van der Waals surface area contributed by atoms with Crippen molar-refractivity contribution in [3.63, 3.8) is 0 Å². The van der Waals surface area contributed by atoms with E-state index in [2.05, 4.69) is 15.4 Å². The third-order valence-electron chi connectivity index (χ3n) is 3.91. The van der Waals surface area contributed by atoms with Crippen molar-refractivity contribution in [1.82, 2.24) is 4.72 Å². The first kappa shape index (κ1) is 24.3. The van der Waals surface area contributed by atoms with Crippen LogP contribution in [0.2, 0.25) is 0 Å². The van der Waals surface area contributed by atoms with Crippen LogP contribution in [-0.2, 0) is 24.2 Å². The van der Waals surface area contributed by atoms with Crippen molar-refractivity contribution in [2.45, 2.75) is 4.90 Å². The average Bonchev–Trinajstić information content (AvgIpc) is 2.74. The molecule has 0 spiro atoms. The first-order valence-corrected chi connectivity index (χ1v) is 10.8. The quantitative estimate of drug-likeness (QED) is 0.446. The van der Waals surface area contributed by atoms with Crippen LogP contribution in [-0.4, -0.2) is 61.0 Å². The summed E-state index contributed by atoms with van der Waals surface area (Å²) in [5, 5.41) is 5.24. The molecule has 168 valence electrons. The molecule has 3 N–H and O–H groups in total. The normalized spacial score (nSPS) is 11.0. The van der Waals surface area contributed by atoms with E-state index in [1.54, 1.807) is 24.3 Å². The van der Waals surface area contributed by atoms with Gasteiger partial charge in [0.15, 0.2) is 0 Å². The second-order valence-electron chi connectivity index (χ2n) is 6.20. The van der Waals surface area contributed by atoms with Crippen LogP contribution in [0.5, 0.6) is 0 Å². The molecule has 31 heavy (non-hydrogen) atoms. The zero-order valence-electron chi connectivity index (χ0n) is 17.2. The highest BCUT2D eigenvalue weighted by molar-refractivity contribution is 7.89. The van der Waals surface area contributed by atoms with E-state index < -0.39 is 22.0 Å². The highest BCUT2D eigenvalue weighted by Crippen LogP contribution is 2.17. The predicted octanol–water partition coefficient (Wildman–Crippen LogP) is 2.06. The Labute approximate surface area is 180 Å². The maximum atomic E-state index is 12.5. The maximum absolute atomic E-state index is 12.5. The van der Waals surface area contributed by atoms with Crippen LogP contribution in [0, 0.1) is 0 Å². The smallest absolute Gasteiger partial charge is 0.411 e. The van der Waals surface area contributed by atoms with Gasteiger partial charge in [-0.1, -0.05) is 6.07 Å². The highest BCUT2D eigenvalue weighted by Gasteiger charge is 2.15. The largest absolute Gasteiger partial charge is 0.447 e. The van der Waals surface area contributed by atoms with Crippen molar-refractivity contribution in [2.75, 3.05) is 51.2 Å². The first-order valence-electron chi connectivity index (χ1n) is 9.28. The first-order chi connectivity index (χ1) is 14.9. The molecule has 0 unspecified atom stereocenters. The third kappa shape index (κ3) is 7.98. The SMILES string of the molecule is COCCNS(=O)(=O)c1ccc(C(=O)Nc2cccc(NC(=O)OCCOC)c2)cc1. The molecule has 0 aliphatic carbocycles. The van der Waals surface area contributed by atoms with Gasteiger partial charge in [-0.3, -0.25) is 10.1 Å². The Hall–Kier alpha value is -2.99. The number of benzene rings is 2. The van der Waals surface area contributed by atoms with Crippen molar-refractivity contribution in [1.29, 1.82) is 0 Å². The van der Waals surface area contributed by atoms with Crippen LogP contribution in [0.4, 0.5) is 16.2 Å². The molecule has 0 aliphatic heterocycles. The molecule has 0 aliphatic rings. The number of methoxy groups -OCH3 is 2. The number of ether oxygens (including phenoxy) is 3. The van der Waals surface area contributed by atoms with Crippen LogP contribution in [0.25, 0.3) is 0 Å². The lowest BCUT2D eigenvalue weighted by molar-refractivity contribution is 0.102. The van der Waals surface area contributed by atoms with E-state index in [-0.39, 0.29) is 36.8 Å². The Morgan fingerprint density at radius 2 is 1.52 bits per heavy atom. The monoisotopic (exact) mass is 451 g/mol. The van der Waals surface area contributed by atoms with Crippen molar-refractivity contribution in [2.24, 2.45) is 0 Å². The molecular formula is C20H25N3O7S. The fraction of sp³-hybridized carbons (Fsp3) is 0.300. The van der Waals surface area contributed by atoms with Gasteiger partial charge < -0.3 is 19.5 Å². The summed E-state index contributed by atoms with van der Waals surface area (Å²) < 4.78 is 41.3. The van der Waals surface area contributed by atoms with Gasteiger partial charge in [-0.2, -0.15) is 0 Å². The van der Waals surface area contributed by atoms with E-state index in [1.807, 2.05) is 0 Å². The van der Waals surface area contributed by atoms with Crippen molar-refractivity contribution in [3.8, 4) is 0 Å². The summed E-state index contributed by atoms with van der Waals surface area (Å²) in [5.74, 6) is -0.434. The Bertz CT molecular complexity index is 979. The van der Waals surface area contributed by atoms with E-state index in [0.29, 0.717) is 11.4 Å². The third-order valence-corrected chi connectivity index (χ3v) is 5.39. The average molecular weight is 452 g/mol. The van der Waals surface area contributed by atoms with E-state index in [1.165, 1.54) is 38.5 Å². The molecule has 0 fully saturated rings. The topological polar surface area (TPSA) is 132 Å².